The van der Waals surface area contributed by atoms with Gasteiger partial charge in [0.1, 0.15) is 0 Å². The normalized spacial score (nSPS) is 10.4. The maximum atomic E-state index is 9.41. The Bertz CT molecular complexity index is 1750. The highest BCUT2D eigenvalue weighted by Crippen LogP contribution is 2.37. The van der Waals surface area contributed by atoms with E-state index in [-0.39, 0.29) is 0 Å². The van der Waals surface area contributed by atoms with Crippen molar-refractivity contribution < 1.29 is 0 Å². The van der Waals surface area contributed by atoms with Gasteiger partial charge in [-0.1, -0.05) is 36.4 Å². The van der Waals surface area contributed by atoms with E-state index in [1.54, 1.807) is 30.9 Å². The fourth-order valence-corrected chi connectivity index (χ4v) is 4.87. The summed E-state index contributed by atoms with van der Waals surface area (Å²) in [6, 6.07) is 42.7. The Hall–Kier alpha value is -6.04. The number of rotatable bonds is 6. The molecule has 0 spiro atoms. The van der Waals surface area contributed by atoms with Gasteiger partial charge in [0.15, 0.2) is 0 Å². The highest BCUT2D eigenvalue weighted by molar-refractivity contribution is 5.81. The first-order chi connectivity index (χ1) is 20.2. The molecule has 5 nitrogen and oxygen atoms in total. The van der Waals surface area contributed by atoms with Crippen molar-refractivity contribution in [1.29, 1.82) is 10.5 Å². The largest absolute Gasteiger partial charge is 0.311 e. The van der Waals surface area contributed by atoms with E-state index < -0.39 is 0 Å². The molecule has 6 rings (SSSR count). The van der Waals surface area contributed by atoms with Gasteiger partial charge in [0, 0.05) is 41.8 Å². The molecule has 192 valence electrons. The second-order valence-electron chi connectivity index (χ2n) is 9.47. The number of nitriles is 2. The van der Waals surface area contributed by atoms with Crippen LogP contribution in [0, 0.1) is 22.7 Å². The van der Waals surface area contributed by atoms with Crippen LogP contribution in [0.2, 0.25) is 0 Å². The van der Waals surface area contributed by atoms with Gasteiger partial charge in [-0.15, -0.1) is 0 Å². The third kappa shape index (κ3) is 5.43. The molecule has 0 saturated carbocycles. The number of pyridine rings is 2. The molecule has 2 heterocycles. The Kier molecular flexibility index (Phi) is 7.00. The van der Waals surface area contributed by atoms with Crippen LogP contribution in [0.3, 0.4) is 0 Å². The zero-order valence-corrected chi connectivity index (χ0v) is 22.0. The molecule has 41 heavy (non-hydrogen) atoms. The molecule has 0 aliphatic heterocycles. The molecule has 0 fully saturated rings. The molecular weight excluding hydrogens is 502 g/mol. The quantitative estimate of drug-likeness (QED) is 0.217. The van der Waals surface area contributed by atoms with Crippen LogP contribution in [-0.4, -0.2) is 9.97 Å². The summed E-state index contributed by atoms with van der Waals surface area (Å²) in [5.41, 5.74) is 10.2. The molecule has 0 unspecified atom stereocenters. The van der Waals surface area contributed by atoms with Gasteiger partial charge in [0.05, 0.1) is 23.3 Å². The molecule has 2 aromatic heterocycles. The van der Waals surface area contributed by atoms with Crippen molar-refractivity contribution in [2.75, 3.05) is 4.90 Å². The van der Waals surface area contributed by atoms with Crippen molar-refractivity contribution in [2.24, 2.45) is 0 Å². The van der Waals surface area contributed by atoms with Crippen molar-refractivity contribution in [3.8, 4) is 45.5 Å². The average molecular weight is 526 g/mol. The summed E-state index contributed by atoms with van der Waals surface area (Å²) in [4.78, 5) is 10.5. The lowest BCUT2D eigenvalue weighted by molar-refractivity contribution is 1.28. The van der Waals surface area contributed by atoms with Gasteiger partial charge in [-0.2, -0.15) is 10.5 Å². The Labute approximate surface area is 238 Å². The molecule has 0 aliphatic carbocycles. The molecule has 0 amide bonds. The lowest BCUT2D eigenvalue weighted by Crippen LogP contribution is -2.09. The molecular formula is C36H23N5. The topological polar surface area (TPSA) is 76.6 Å². The van der Waals surface area contributed by atoms with E-state index in [9.17, 15) is 10.5 Å². The predicted molar refractivity (Wildman–Crippen MR) is 162 cm³/mol. The van der Waals surface area contributed by atoms with E-state index in [0.29, 0.717) is 11.1 Å². The van der Waals surface area contributed by atoms with Crippen LogP contribution in [0.15, 0.2) is 140 Å². The molecule has 6 aromatic rings. The van der Waals surface area contributed by atoms with E-state index in [1.807, 2.05) is 48.5 Å². The lowest BCUT2D eigenvalue weighted by atomic mass is 10.00. The first-order valence-corrected chi connectivity index (χ1v) is 13.1. The van der Waals surface area contributed by atoms with Gasteiger partial charge in [0.2, 0.25) is 0 Å². The zero-order valence-electron chi connectivity index (χ0n) is 22.0. The fourth-order valence-electron chi connectivity index (χ4n) is 4.87. The summed E-state index contributed by atoms with van der Waals surface area (Å²) >= 11 is 0. The third-order valence-electron chi connectivity index (χ3n) is 6.93. The van der Waals surface area contributed by atoms with Crippen molar-refractivity contribution in [3.63, 3.8) is 0 Å². The summed E-state index contributed by atoms with van der Waals surface area (Å²) in [6.07, 6.45) is 7.20. The van der Waals surface area contributed by atoms with Crippen LogP contribution in [0.4, 0.5) is 17.1 Å². The van der Waals surface area contributed by atoms with Crippen LogP contribution >= 0.6 is 0 Å². The standard InChI is InChI=1S/C36H23N5/c37-24-26-21-27(25-38)23-33(22-26)30-5-11-36(12-6-30)41(34-7-1-28(2-8-34)31-13-17-39-18-14-31)35-9-3-29(4-10-35)32-15-19-40-20-16-32/h1-23H. The van der Waals surface area contributed by atoms with Crippen molar-refractivity contribution in [3.05, 3.63) is 151 Å². The Morgan fingerprint density at radius 3 is 1.05 bits per heavy atom. The highest BCUT2D eigenvalue weighted by Gasteiger charge is 2.14. The van der Waals surface area contributed by atoms with Crippen LogP contribution < -0.4 is 4.90 Å². The maximum Gasteiger partial charge on any atom is 0.0992 e. The van der Waals surface area contributed by atoms with Crippen molar-refractivity contribution in [1.82, 2.24) is 9.97 Å². The molecule has 0 saturated heterocycles. The smallest absolute Gasteiger partial charge is 0.0992 e. The van der Waals surface area contributed by atoms with Crippen molar-refractivity contribution >= 4 is 17.1 Å². The second-order valence-corrected chi connectivity index (χ2v) is 9.47. The first kappa shape index (κ1) is 25.2. The summed E-state index contributed by atoms with van der Waals surface area (Å²) < 4.78 is 0. The van der Waals surface area contributed by atoms with Crippen LogP contribution in [-0.2, 0) is 0 Å². The SMILES string of the molecule is N#Cc1cc(C#N)cc(-c2ccc(N(c3ccc(-c4ccncc4)cc3)c3ccc(-c4ccncc4)cc3)cc2)c1. The highest BCUT2D eigenvalue weighted by atomic mass is 15.1. The minimum absolute atomic E-state index is 0.466. The van der Waals surface area contributed by atoms with Crippen molar-refractivity contribution in [2.45, 2.75) is 0 Å². The number of aromatic nitrogens is 2. The Morgan fingerprint density at radius 2 is 0.707 bits per heavy atom. The van der Waals surface area contributed by atoms with Crippen LogP contribution in [0.1, 0.15) is 11.1 Å². The number of anilines is 3. The van der Waals surface area contributed by atoms with Gasteiger partial charge < -0.3 is 4.90 Å². The Morgan fingerprint density at radius 1 is 0.390 bits per heavy atom. The zero-order chi connectivity index (χ0) is 28.0. The predicted octanol–water partition coefficient (Wildman–Crippen LogP) is 8.69. The van der Waals surface area contributed by atoms with Gasteiger partial charge in [-0.25, -0.2) is 0 Å². The van der Waals surface area contributed by atoms with Gasteiger partial charge >= 0.3 is 0 Å². The van der Waals surface area contributed by atoms with Gasteiger partial charge in [-0.3, -0.25) is 9.97 Å². The lowest BCUT2D eigenvalue weighted by Gasteiger charge is -2.26. The monoisotopic (exact) mass is 525 g/mol. The Balaban J connectivity index is 1.39. The molecule has 4 aromatic carbocycles. The minimum atomic E-state index is 0.466. The molecule has 0 aliphatic rings. The number of hydrogen-bond donors (Lipinski definition) is 0. The number of hydrogen-bond acceptors (Lipinski definition) is 5. The third-order valence-corrected chi connectivity index (χ3v) is 6.93. The van der Waals surface area contributed by atoms with E-state index in [1.165, 1.54) is 0 Å². The van der Waals surface area contributed by atoms with Gasteiger partial charge in [-0.05, 0) is 112 Å². The molecule has 0 N–H and O–H groups in total. The van der Waals surface area contributed by atoms with Gasteiger partial charge in [0.25, 0.3) is 0 Å². The molecule has 0 atom stereocenters. The molecule has 5 heteroatoms. The fraction of sp³-hybridized carbons (Fsp3) is 0. The molecule has 0 radical (unpaired) electrons. The van der Waals surface area contributed by atoms with Crippen LogP contribution in [0.5, 0.6) is 0 Å². The summed E-state index contributed by atoms with van der Waals surface area (Å²) in [5.74, 6) is 0. The number of benzene rings is 4. The van der Waals surface area contributed by atoms with Crippen LogP contribution in [0.25, 0.3) is 33.4 Å². The summed E-state index contributed by atoms with van der Waals surface area (Å²) in [6.45, 7) is 0. The summed E-state index contributed by atoms with van der Waals surface area (Å²) in [7, 11) is 0. The average Bonchev–Trinajstić information content (AvgIpc) is 3.06. The van der Waals surface area contributed by atoms with E-state index >= 15 is 0 Å². The minimum Gasteiger partial charge on any atom is -0.311 e. The first-order valence-electron chi connectivity index (χ1n) is 13.1. The maximum absolute atomic E-state index is 9.41. The summed E-state index contributed by atoms with van der Waals surface area (Å²) in [5, 5.41) is 18.8. The molecule has 0 bridgehead atoms. The number of nitrogens with zero attached hydrogens (tertiary/aromatic N) is 5. The van der Waals surface area contributed by atoms with E-state index in [0.717, 1.165) is 50.4 Å². The van der Waals surface area contributed by atoms with E-state index in [4.69, 9.17) is 0 Å². The van der Waals surface area contributed by atoms with E-state index in [2.05, 4.69) is 87.7 Å². The second kappa shape index (κ2) is 11.4.